The second-order valence-electron chi connectivity index (χ2n) is 6.88. The van der Waals surface area contributed by atoms with E-state index in [1.54, 1.807) is 4.31 Å². The molecule has 2 aliphatic rings. The summed E-state index contributed by atoms with van der Waals surface area (Å²) in [5.74, 6) is 0.302. The predicted octanol–water partition coefficient (Wildman–Crippen LogP) is 2.75. The zero-order valence-electron chi connectivity index (χ0n) is 13.6. The minimum absolute atomic E-state index is 0.302. The van der Waals surface area contributed by atoms with Gasteiger partial charge in [-0.25, -0.2) is 12.7 Å². The molecule has 0 atom stereocenters. The molecule has 21 heavy (non-hydrogen) atoms. The van der Waals surface area contributed by atoms with Gasteiger partial charge in [0.25, 0.3) is 0 Å². The molecular formula is C16H32N2O2S. The third-order valence-corrected chi connectivity index (χ3v) is 7.23. The van der Waals surface area contributed by atoms with Crippen molar-refractivity contribution in [1.82, 2.24) is 9.62 Å². The molecule has 2 rings (SSSR count). The van der Waals surface area contributed by atoms with Gasteiger partial charge in [-0.3, -0.25) is 0 Å². The zero-order valence-corrected chi connectivity index (χ0v) is 14.4. The first-order chi connectivity index (χ1) is 10.1. The molecule has 0 aromatic heterocycles. The van der Waals surface area contributed by atoms with Gasteiger partial charge >= 0.3 is 0 Å². The standard InChI is InChI=1S/C16H32N2O2S/c1-2-11-17-12-6-15-21(19,20)18-13-9-16(10-14-18)7-4-3-5-8-16/h17H,2-15H2,1H3. The molecule has 1 heterocycles. The normalized spacial score (nSPS) is 23.5. The summed E-state index contributed by atoms with van der Waals surface area (Å²) >= 11 is 0. The van der Waals surface area contributed by atoms with Crippen molar-refractivity contribution in [3.8, 4) is 0 Å². The van der Waals surface area contributed by atoms with E-state index >= 15 is 0 Å². The summed E-state index contributed by atoms with van der Waals surface area (Å²) in [4.78, 5) is 0. The first-order valence-corrected chi connectivity index (χ1v) is 10.4. The van der Waals surface area contributed by atoms with Crippen molar-refractivity contribution in [2.24, 2.45) is 5.41 Å². The van der Waals surface area contributed by atoms with Crippen molar-refractivity contribution in [3.05, 3.63) is 0 Å². The lowest BCUT2D eigenvalue weighted by atomic mass is 9.68. The molecule has 124 valence electrons. The van der Waals surface area contributed by atoms with Crippen LogP contribution in [0.25, 0.3) is 0 Å². The van der Waals surface area contributed by atoms with Gasteiger partial charge < -0.3 is 5.32 Å². The number of rotatable bonds is 7. The average molecular weight is 317 g/mol. The van der Waals surface area contributed by atoms with Crippen molar-refractivity contribution in [3.63, 3.8) is 0 Å². The van der Waals surface area contributed by atoms with E-state index in [1.807, 2.05) is 0 Å². The van der Waals surface area contributed by atoms with Crippen LogP contribution >= 0.6 is 0 Å². The fraction of sp³-hybridized carbons (Fsp3) is 1.00. The number of nitrogens with zero attached hydrogens (tertiary/aromatic N) is 1. The van der Waals surface area contributed by atoms with Gasteiger partial charge in [0.2, 0.25) is 10.0 Å². The molecule has 4 nitrogen and oxygen atoms in total. The summed E-state index contributed by atoms with van der Waals surface area (Å²) < 4.78 is 26.5. The van der Waals surface area contributed by atoms with E-state index < -0.39 is 10.0 Å². The number of nitrogens with one attached hydrogen (secondary N) is 1. The second-order valence-corrected chi connectivity index (χ2v) is 8.97. The fourth-order valence-corrected chi connectivity index (χ4v) is 5.36. The number of piperidine rings is 1. The zero-order chi connectivity index (χ0) is 15.2. The first kappa shape index (κ1) is 17.2. The van der Waals surface area contributed by atoms with Crippen LogP contribution < -0.4 is 5.32 Å². The highest BCUT2D eigenvalue weighted by Crippen LogP contribution is 2.44. The van der Waals surface area contributed by atoms with Gasteiger partial charge in [-0.05, 0) is 57.0 Å². The quantitative estimate of drug-likeness (QED) is 0.735. The van der Waals surface area contributed by atoms with Crippen molar-refractivity contribution in [2.75, 3.05) is 31.9 Å². The van der Waals surface area contributed by atoms with Crippen LogP contribution in [0.1, 0.15) is 64.7 Å². The van der Waals surface area contributed by atoms with Crippen LogP contribution in [0.4, 0.5) is 0 Å². The second kappa shape index (κ2) is 7.93. The van der Waals surface area contributed by atoms with E-state index in [4.69, 9.17) is 0 Å². The lowest BCUT2D eigenvalue weighted by Crippen LogP contribution is -2.44. The Balaban J connectivity index is 1.75. The largest absolute Gasteiger partial charge is 0.317 e. The molecule has 2 fully saturated rings. The maximum atomic E-state index is 12.4. The Labute approximate surface area is 130 Å². The van der Waals surface area contributed by atoms with Gasteiger partial charge in [0.1, 0.15) is 0 Å². The minimum atomic E-state index is -3.03. The lowest BCUT2D eigenvalue weighted by Gasteiger charge is -2.43. The highest BCUT2D eigenvalue weighted by Gasteiger charge is 2.38. The van der Waals surface area contributed by atoms with E-state index in [0.717, 1.165) is 51.9 Å². The molecule has 1 spiro atoms. The smallest absolute Gasteiger partial charge is 0.214 e. The van der Waals surface area contributed by atoms with Crippen molar-refractivity contribution in [1.29, 1.82) is 0 Å². The van der Waals surface area contributed by atoms with Crippen LogP contribution in [0.15, 0.2) is 0 Å². The van der Waals surface area contributed by atoms with Gasteiger partial charge in [-0.2, -0.15) is 0 Å². The summed E-state index contributed by atoms with van der Waals surface area (Å²) in [6, 6.07) is 0. The van der Waals surface area contributed by atoms with E-state index in [0.29, 0.717) is 11.2 Å². The van der Waals surface area contributed by atoms with Crippen LogP contribution in [-0.2, 0) is 10.0 Å². The summed E-state index contributed by atoms with van der Waals surface area (Å²) in [6.45, 7) is 5.42. The Morgan fingerprint density at radius 3 is 2.29 bits per heavy atom. The molecular weight excluding hydrogens is 284 g/mol. The van der Waals surface area contributed by atoms with Gasteiger partial charge in [0.15, 0.2) is 0 Å². The summed E-state index contributed by atoms with van der Waals surface area (Å²) in [7, 11) is -3.03. The Morgan fingerprint density at radius 1 is 1.00 bits per heavy atom. The highest BCUT2D eigenvalue weighted by molar-refractivity contribution is 7.89. The van der Waals surface area contributed by atoms with Gasteiger partial charge in [0.05, 0.1) is 5.75 Å². The van der Waals surface area contributed by atoms with Gasteiger partial charge in [-0.15, -0.1) is 0 Å². The molecule has 0 amide bonds. The van der Waals surface area contributed by atoms with Crippen LogP contribution in [0.2, 0.25) is 0 Å². The third kappa shape index (κ3) is 4.93. The molecule has 1 aliphatic carbocycles. The maximum absolute atomic E-state index is 12.4. The third-order valence-electron chi connectivity index (χ3n) is 5.27. The van der Waals surface area contributed by atoms with E-state index in [1.165, 1.54) is 32.1 Å². The van der Waals surface area contributed by atoms with Crippen molar-refractivity contribution < 1.29 is 8.42 Å². The molecule has 1 N–H and O–H groups in total. The average Bonchev–Trinajstić information content (AvgIpc) is 2.48. The number of sulfonamides is 1. The van der Waals surface area contributed by atoms with Crippen molar-refractivity contribution >= 4 is 10.0 Å². The molecule has 5 heteroatoms. The molecule has 1 saturated carbocycles. The summed E-state index contributed by atoms with van der Waals surface area (Å²) in [5.41, 5.74) is 0.479. The Kier molecular flexibility index (Phi) is 6.51. The molecule has 0 radical (unpaired) electrons. The molecule has 0 aromatic rings. The number of hydrogen-bond acceptors (Lipinski definition) is 3. The minimum Gasteiger partial charge on any atom is -0.317 e. The first-order valence-electron chi connectivity index (χ1n) is 8.77. The van der Waals surface area contributed by atoms with Crippen molar-refractivity contribution in [2.45, 2.75) is 64.7 Å². The Hall–Kier alpha value is -0.130. The van der Waals surface area contributed by atoms with Gasteiger partial charge in [0, 0.05) is 13.1 Å². The molecule has 1 saturated heterocycles. The number of hydrogen-bond donors (Lipinski definition) is 1. The van der Waals surface area contributed by atoms with Crippen LogP contribution in [-0.4, -0.2) is 44.7 Å². The lowest BCUT2D eigenvalue weighted by molar-refractivity contribution is 0.102. The van der Waals surface area contributed by atoms with Gasteiger partial charge in [-0.1, -0.05) is 26.2 Å². The Bertz CT molecular complexity index is 393. The van der Waals surface area contributed by atoms with E-state index in [-0.39, 0.29) is 0 Å². The predicted molar refractivity (Wildman–Crippen MR) is 87.9 cm³/mol. The Morgan fingerprint density at radius 2 is 1.67 bits per heavy atom. The van der Waals surface area contributed by atoms with Crippen LogP contribution in [0, 0.1) is 5.41 Å². The van der Waals surface area contributed by atoms with E-state index in [9.17, 15) is 8.42 Å². The molecule has 0 unspecified atom stereocenters. The molecule has 0 aromatic carbocycles. The highest BCUT2D eigenvalue weighted by atomic mass is 32.2. The van der Waals surface area contributed by atoms with Crippen LogP contribution in [0.5, 0.6) is 0 Å². The monoisotopic (exact) mass is 316 g/mol. The SMILES string of the molecule is CCCNCCCS(=O)(=O)N1CCC2(CCCCC2)CC1. The summed E-state index contributed by atoms with van der Waals surface area (Å²) in [5, 5.41) is 3.27. The summed E-state index contributed by atoms with van der Waals surface area (Å²) in [6.07, 6.45) is 10.7. The van der Waals surface area contributed by atoms with Crippen LogP contribution in [0.3, 0.4) is 0 Å². The maximum Gasteiger partial charge on any atom is 0.214 e. The topological polar surface area (TPSA) is 49.4 Å². The molecule has 0 bridgehead atoms. The molecule has 1 aliphatic heterocycles. The van der Waals surface area contributed by atoms with E-state index in [2.05, 4.69) is 12.2 Å². The fourth-order valence-electron chi connectivity index (χ4n) is 3.85.